The number of nitrogens with zero attached hydrogens (tertiary/aromatic N) is 4. The Morgan fingerprint density at radius 3 is 2.63 bits per heavy atom. The first kappa shape index (κ1) is 31.0. The van der Waals surface area contributed by atoms with E-state index in [1.807, 2.05) is 43.6 Å². The summed E-state index contributed by atoms with van der Waals surface area (Å²) in [5.74, 6) is 0.730. The molecule has 7 rings (SSSR count). The number of aryl methyl sites for hydroxylation is 1. The van der Waals surface area contributed by atoms with Gasteiger partial charge in [-0.1, -0.05) is 31.2 Å². The number of fused-ring (bicyclic) bond motifs is 5. The molecule has 234 valence electrons. The highest BCUT2D eigenvalue weighted by molar-refractivity contribution is 7.22. The molecule has 46 heavy (non-hydrogen) atoms. The van der Waals surface area contributed by atoms with Crippen molar-refractivity contribution in [2.45, 2.75) is 33.4 Å². The molecule has 0 spiro atoms. The maximum absolute atomic E-state index is 13.5. The second-order valence-electron chi connectivity index (χ2n) is 10.5. The van der Waals surface area contributed by atoms with E-state index >= 15 is 0 Å². The monoisotopic (exact) mass is 655 g/mol. The molecule has 1 amide bonds. The Balaban J connectivity index is 0.00000372. The Morgan fingerprint density at radius 2 is 1.85 bits per heavy atom. The SMILES string of the molecule is C.CNc1ccc(NC(=O)Cn2ncc3c2CCc2c-3sc3ncnc(Nc4ccc(OCc5cccc(F)c5)c(Cl)c4)c23)cc1. The molecular formula is C34H31ClFN7O2S. The van der Waals surface area contributed by atoms with Crippen LogP contribution in [-0.4, -0.2) is 32.7 Å². The van der Waals surface area contributed by atoms with Gasteiger partial charge in [0.1, 0.15) is 41.7 Å². The van der Waals surface area contributed by atoms with Gasteiger partial charge in [-0.2, -0.15) is 5.10 Å². The molecule has 3 N–H and O–H groups in total. The molecule has 1 aliphatic carbocycles. The molecule has 6 aromatic rings. The molecule has 12 heteroatoms. The van der Waals surface area contributed by atoms with Crippen LogP contribution in [-0.2, 0) is 30.8 Å². The number of aromatic nitrogens is 4. The Hall–Kier alpha value is -5.00. The first-order valence-electron chi connectivity index (χ1n) is 14.3. The lowest BCUT2D eigenvalue weighted by Crippen LogP contribution is -2.21. The molecule has 1 aliphatic rings. The van der Waals surface area contributed by atoms with Crippen LogP contribution in [0.2, 0.25) is 5.02 Å². The zero-order valence-corrected chi connectivity index (χ0v) is 25.7. The molecular weight excluding hydrogens is 625 g/mol. The summed E-state index contributed by atoms with van der Waals surface area (Å²) in [6.45, 7) is 0.324. The average molecular weight is 656 g/mol. The van der Waals surface area contributed by atoms with Crippen LogP contribution in [0.3, 0.4) is 0 Å². The van der Waals surface area contributed by atoms with Crippen LogP contribution in [0, 0.1) is 5.82 Å². The van der Waals surface area contributed by atoms with Crippen molar-refractivity contribution >= 4 is 61.9 Å². The first-order valence-corrected chi connectivity index (χ1v) is 15.5. The highest BCUT2D eigenvalue weighted by atomic mass is 35.5. The number of benzene rings is 3. The molecule has 9 nitrogen and oxygen atoms in total. The van der Waals surface area contributed by atoms with E-state index in [4.69, 9.17) is 16.3 Å². The van der Waals surface area contributed by atoms with Gasteiger partial charge in [-0.25, -0.2) is 14.4 Å². The van der Waals surface area contributed by atoms with E-state index in [0.29, 0.717) is 22.2 Å². The highest BCUT2D eigenvalue weighted by Crippen LogP contribution is 2.45. The van der Waals surface area contributed by atoms with Crippen LogP contribution in [0.1, 0.15) is 24.2 Å². The lowest BCUT2D eigenvalue weighted by atomic mass is 9.95. The van der Waals surface area contributed by atoms with Crippen molar-refractivity contribution in [1.82, 2.24) is 19.7 Å². The number of halogens is 2. The maximum Gasteiger partial charge on any atom is 0.246 e. The Kier molecular flexibility index (Phi) is 8.87. The van der Waals surface area contributed by atoms with Gasteiger partial charge in [-0.05, 0) is 78.6 Å². The fourth-order valence-electron chi connectivity index (χ4n) is 5.46. The van der Waals surface area contributed by atoms with E-state index in [9.17, 15) is 9.18 Å². The third kappa shape index (κ3) is 6.24. The summed E-state index contributed by atoms with van der Waals surface area (Å²) in [4.78, 5) is 23.9. The van der Waals surface area contributed by atoms with Gasteiger partial charge in [-0.15, -0.1) is 11.3 Å². The normalized spacial score (nSPS) is 11.7. The molecule has 0 saturated carbocycles. The maximum atomic E-state index is 13.5. The van der Waals surface area contributed by atoms with Gasteiger partial charge in [0.2, 0.25) is 5.91 Å². The Morgan fingerprint density at radius 1 is 1.04 bits per heavy atom. The van der Waals surface area contributed by atoms with E-state index < -0.39 is 0 Å². The second kappa shape index (κ2) is 13.2. The van der Waals surface area contributed by atoms with Crippen molar-refractivity contribution in [3.05, 3.63) is 107 Å². The number of carbonyl (C=O) groups is 1. The van der Waals surface area contributed by atoms with E-state index in [0.717, 1.165) is 61.8 Å². The molecule has 3 heterocycles. The predicted molar refractivity (Wildman–Crippen MR) is 183 cm³/mol. The fourth-order valence-corrected chi connectivity index (χ4v) is 6.92. The molecule has 3 aromatic heterocycles. The predicted octanol–water partition coefficient (Wildman–Crippen LogP) is 8.09. The van der Waals surface area contributed by atoms with Crippen LogP contribution in [0.25, 0.3) is 20.7 Å². The molecule has 0 bridgehead atoms. The van der Waals surface area contributed by atoms with Crippen LogP contribution < -0.4 is 20.7 Å². The number of anilines is 4. The largest absolute Gasteiger partial charge is 0.487 e. The number of thiophene rings is 1. The van der Waals surface area contributed by atoms with Crippen molar-refractivity contribution < 1.29 is 13.9 Å². The standard InChI is InChI=1S/C33H27ClFN7O2S.CH4/c1-36-21-5-7-22(8-6-21)40-29(43)16-42-27-11-10-24-30-32(37-18-38-33(30)45-31(24)25(27)15-39-42)41-23-9-12-28(26(34)14-23)44-17-19-3-2-4-20(35)13-19;/h2-9,12-15,18,36H,10-11,16-17H2,1H3,(H,40,43)(H,37,38,41);1H4. The summed E-state index contributed by atoms with van der Waals surface area (Å²) in [5, 5.41) is 15.4. The smallest absolute Gasteiger partial charge is 0.246 e. The van der Waals surface area contributed by atoms with Crippen molar-refractivity contribution in [2.24, 2.45) is 0 Å². The number of nitrogens with one attached hydrogen (secondary N) is 3. The number of ether oxygens (including phenoxy) is 1. The lowest BCUT2D eigenvalue weighted by Gasteiger charge is -2.16. The number of carbonyl (C=O) groups excluding carboxylic acids is 1. The van der Waals surface area contributed by atoms with Gasteiger partial charge < -0.3 is 20.7 Å². The fraction of sp³-hybridized carbons (Fsp3) is 0.176. The number of hydrogen-bond donors (Lipinski definition) is 3. The van der Waals surface area contributed by atoms with E-state index in [-0.39, 0.29) is 32.3 Å². The van der Waals surface area contributed by atoms with Gasteiger partial charge in [0.25, 0.3) is 0 Å². The average Bonchev–Trinajstić information content (AvgIpc) is 3.63. The minimum Gasteiger partial charge on any atom is -0.487 e. The summed E-state index contributed by atoms with van der Waals surface area (Å²) < 4.78 is 21.1. The third-order valence-corrected chi connectivity index (χ3v) is 9.09. The van der Waals surface area contributed by atoms with Gasteiger partial charge in [-0.3, -0.25) is 9.48 Å². The van der Waals surface area contributed by atoms with E-state index in [1.54, 1.807) is 46.6 Å². The first-order chi connectivity index (χ1) is 21.9. The molecule has 3 aromatic carbocycles. The quantitative estimate of drug-likeness (QED) is 0.145. The lowest BCUT2D eigenvalue weighted by molar-refractivity contribution is -0.116. The summed E-state index contributed by atoms with van der Waals surface area (Å²) >= 11 is 8.14. The van der Waals surface area contributed by atoms with Crippen LogP contribution >= 0.6 is 22.9 Å². The van der Waals surface area contributed by atoms with Gasteiger partial charge in [0.05, 0.1) is 16.6 Å². The minimum atomic E-state index is -0.312. The molecule has 0 fully saturated rings. The van der Waals surface area contributed by atoms with Crippen LogP contribution in [0.5, 0.6) is 5.75 Å². The highest BCUT2D eigenvalue weighted by Gasteiger charge is 2.27. The number of hydrogen-bond acceptors (Lipinski definition) is 8. The van der Waals surface area contributed by atoms with E-state index in [2.05, 4.69) is 31.0 Å². The van der Waals surface area contributed by atoms with E-state index in [1.165, 1.54) is 12.1 Å². The molecule has 0 unspecified atom stereocenters. The van der Waals surface area contributed by atoms with Crippen molar-refractivity contribution in [3.63, 3.8) is 0 Å². The zero-order valence-electron chi connectivity index (χ0n) is 24.1. The van der Waals surface area contributed by atoms with Crippen LogP contribution in [0.4, 0.5) is 27.3 Å². The molecule has 0 radical (unpaired) electrons. The second-order valence-corrected chi connectivity index (χ2v) is 11.9. The van der Waals surface area contributed by atoms with Gasteiger partial charge >= 0.3 is 0 Å². The molecule has 0 saturated heterocycles. The Bertz CT molecular complexity index is 2040. The van der Waals surface area contributed by atoms with Gasteiger partial charge in [0, 0.05) is 40.2 Å². The summed E-state index contributed by atoms with van der Waals surface area (Å²) in [7, 11) is 1.85. The van der Waals surface area contributed by atoms with Crippen molar-refractivity contribution in [1.29, 1.82) is 0 Å². The van der Waals surface area contributed by atoms with Crippen molar-refractivity contribution in [2.75, 3.05) is 23.0 Å². The molecule has 0 aliphatic heterocycles. The number of amides is 1. The van der Waals surface area contributed by atoms with Crippen molar-refractivity contribution in [3.8, 4) is 16.2 Å². The topological polar surface area (TPSA) is 106 Å². The molecule has 0 atom stereocenters. The third-order valence-electron chi connectivity index (χ3n) is 7.62. The van der Waals surface area contributed by atoms with Gasteiger partial charge in [0.15, 0.2) is 0 Å². The zero-order chi connectivity index (χ0) is 30.9. The minimum absolute atomic E-state index is 0. The summed E-state index contributed by atoms with van der Waals surface area (Å²) in [5.41, 5.74) is 6.36. The summed E-state index contributed by atoms with van der Waals surface area (Å²) in [6, 6.07) is 19.2. The Labute approximate surface area is 274 Å². The van der Waals surface area contributed by atoms with Crippen LogP contribution in [0.15, 0.2) is 79.3 Å². The summed E-state index contributed by atoms with van der Waals surface area (Å²) in [6.07, 6.45) is 4.87. The number of rotatable bonds is 9.